The first-order valence-electron chi connectivity index (χ1n) is 8.32. The van der Waals surface area contributed by atoms with Crippen molar-refractivity contribution in [2.24, 2.45) is 5.41 Å². The van der Waals surface area contributed by atoms with E-state index < -0.39 is 0 Å². The van der Waals surface area contributed by atoms with Gasteiger partial charge in [-0.25, -0.2) is 4.98 Å². The van der Waals surface area contributed by atoms with Gasteiger partial charge in [-0.1, -0.05) is 44.2 Å². The summed E-state index contributed by atoms with van der Waals surface area (Å²) in [6.45, 7) is 5.26. The number of amides is 1. The fraction of sp³-hybridized carbons (Fsp3) is 0.421. The monoisotopic (exact) mass is 325 g/mol. The Balaban J connectivity index is 1.66. The molecule has 2 heterocycles. The summed E-state index contributed by atoms with van der Waals surface area (Å²) in [5.41, 5.74) is 2.48. The lowest BCUT2D eigenvalue weighted by atomic mass is 9.82. The molecule has 1 aromatic carbocycles. The van der Waals surface area contributed by atoms with Crippen molar-refractivity contribution >= 4 is 5.91 Å². The summed E-state index contributed by atoms with van der Waals surface area (Å²) in [5.74, 6) is 0.128. The lowest BCUT2D eigenvalue weighted by Crippen LogP contribution is -2.40. The Bertz CT molecular complexity index is 781. The number of rotatable bonds is 4. The van der Waals surface area contributed by atoms with Crippen LogP contribution in [0.25, 0.3) is 0 Å². The SMILES string of the molecule is CC(C)(CC(=O)N1CCc2c(nc[nH]c2=O)C1)Cc1ccccc1. The maximum absolute atomic E-state index is 12.7. The third kappa shape index (κ3) is 3.72. The molecule has 24 heavy (non-hydrogen) atoms. The van der Waals surface area contributed by atoms with Crippen molar-refractivity contribution in [3.8, 4) is 0 Å². The minimum absolute atomic E-state index is 0.0866. The molecule has 0 fully saturated rings. The molecule has 3 rings (SSSR count). The molecule has 0 spiro atoms. The van der Waals surface area contributed by atoms with Crippen molar-refractivity contribution in [2.45, 2.75) is 39.7 Å². The number of aromatic amines is 1. The van der Waals surface area contributed by atoms with Crippen LogP contribution in [-0.4, -0.2) is 27.3 Å². The van der Waals surface area contributed by atoms with Crippen LogP contribution < -0.4 is 5.56 Å². The van der Waals surface area contributed by atoms with Crippen LogP contribution in [-0.2, 0) is 24.2 Å². The summed E-state index contributed by atoms with van der Waals surface area (Å²) in [6, 6.07) is 10.2. The van der Waals surface area contributed by atoms with Crippen LogP contribution in [0.15, 0.2) is 41.5 Å². The molecule has 0 atom stereocenters. The molecule has 5 nitrogen and oxygen atoms in total. The van der Waals surface area contributed by atoms with Crippen LogP contribution in [0.2, 0.25) is 0 Å². The van der Waals surface area contributed by atoms with Crippen molar-refractivity contribution in [1.29, 1.82) is 0 Å². The van der Waals surface area contributed by atoms with Crippen LogP contribution >= 0.6 is 0 Å². The van der Waals surface area contributed by atoms with Gasteiger partial charge in [-0.2, -0.15) is 0 Å². The molecular formula is C19H23N3O2. The largest absolute Gasteiger partial charge is 0.336 e. The number of fused-ring (bicyclic) bond motifs is 1. The summed E-state index contributed by atoms with van der Waals surface area (Å²) in [4.78, 5) is 33.1. The summed E-state index contributed by atoms with van der Waals surface area (Å²) >= 11 is 0. The molecule has 1 amide bonds. The van der Waals surface area contributed by atoms with E-state index in [0.717, 1.165) is 12.1 Å². The molecule has 1 aromatic heterocycles. The van der Waals surface area contributed by atoms with Crippen LogP contribution in [0.1, 0.15) is 37.1 Å². The van der Waals surface area contributed by atoms with Gasteiger partial charge in [0.2, 0.25) is 5.91 Å². The average Bonchev–Trinajstić information content (AvgIpc) is 2.54. The van der Waals surface area contributed by atoms with Gasteiger partial charge >= 0.3 is 0 Å². The van der Waals surface area contributed by atoms with E-state index in [0.29, 0.717) is 31.5 Å². The van der Waals surface area contributed by atoms with E-state index in [1.54, 1.807) is 0 Å². The second-order valence-corrected chi connectivity index (χ2v) is 7.23. The number of carbonyl (C=O) groups excluding carboxylic acids is 1. The maximum Gasteiger partial charge on any atom is 0.254 e. The number of nitrogens with one attached hydrogen (secondary N) is 1. The van der Waals surface area contributed by atoms with Crippen LogP contribution in [0.3, 0.4) is 0 Å². The van der Waals surface area contributed by atoms with Crippen LogP contribution in [0, 0.1) is 5.41 Å². The first-order chi connectivity index (χ1) is 11.4. The van der Waals surface area contributed by atoms with Crippen molar-refractivity contribution in [1.82, 2.24) is 14.9 Å². The van der Waals surface area contributed by atoms with E-state index in [1.807, 2.05) is 23.1 Å². The minimum atomic E-state index is -0.111. The molecule has 2 aromatic rings. The van der Waals surface area contributed by atoms with Gasteiger partial charge in [0.25, 0.3) is 5.56 Å². The Morgan fingerprint density at radius 3 is 2.79 bits per heavy atom. The molecule has 0 saturated heterocycles. The number of benzene rings is 1. The topological polar surface area (TPSA) is 66.1 Å². The molecule has 1 aliphatic rings. The molecule has 0 bridgehead atoms. The summed E-state index contributed by atoms with van der Waals surface area (Å²) in [5, 5.41) is 0. The molecule has 1 aliphatic heterocycles. The van der Waals surface area contributed by atoms with Crippen molar-refractivity contribution in [3.63, 3.8) is 0 Å². The highest BCUT2D eigenvalue weighted by Crippen LogP contribution is 2.28. The third-order valence-electron chi connectivity index (χ3n) is 4.52. The summed E-state index contributed by atoms with van der Waals surface area (Å²) in [6.07, 6.45) is 3.33. The molecule has 0 radical (unpaired) electrons. The highest BCUT2D eigenvalue weighted by molar-refractivity contribution is 5.77. The number of nitrogens with zero attached hydrogens (tertiary/aromatic N) is 2. The zero-order valence-electron chi connectivity index (χ0n) is 14.2. The van der Waals surface area contributed by atoms with Crippen LogP contribution in [0.5, 0.6) is 0 Å². The van der Waals surface area contributed by atoms with E-state index >= 15 is 0 Å². The molecule has 1 N–H and O–H groups in total. The highest BCUT2D eigenvalue weighted by atomic mass is 16.2. The second kappa shape index (κ2) is 6.59. The number of aromatic nitrogens is 2. The third-order valence-corrected chi connectivity index (χ3v) is 4.52. The molecule has 5 heteroatoms. The van der Waals surface area contributed by atoms with Crippen molar-refractivity contribution in [2.75, 3.05) is 6.54 Å². The zero-order valence-corrected chi connectivity index (χ0v) is 14.2. The fourth-order valence-corrected chi connectivity index (χ4v) is 3.31. The number of hydrogen-bond donors (Lipinski definition) is 1. The number of carbonyl (C=O) groups is 1. The molecule has 0 aliphatic carbocycles. The van der Waals surface area contributed by atoms with Gasteiger partial charge < -0.3 is 9.88 Å². The maximum atomic E-state index is 12.7. The van der Waals surface area contributed by atoms with E-state index in [2.05, 4.69) is 35.9 Å². The summed E-state index contributed by atoms with van der Waals surface area (Å²) < 4.78 is 0. The Morgan fingerprint density at radius 1 is 1.29 bits per heavy atom. The molecule has 0 saturated carbocycles. The van der Waals surface area contributed by atoms with Crippen molar-refractivity contribution < 1.29 is 4.79 Å². The lowest BCUT2D eigenvalue weighted by molar-refractivity contribution is -0.134. The fourth-order valence-electron chi connectivity index (χ4n) is 3.31. The first-order valence-corrected chi connectivity index (χ1v) is 8.32. The Kier molecular flexibility index (Phi) is 4.51. The van der Waals surface area contributed by atoms with Crippen molar-refractivity contribution in [3.05, 3.63) is 63.8 Å². The predicted molar refractivity (Wildman–Crippen MR) is 92.5 cm³/mol. The van der Waals surface area contributed by atoms with Gasteiger partial charge in [0.1, 0.15) is 0 Å². The van der Waals surface area contributed by atoms with Gasteiger partial charge in [-0.3, -0.25) is 9.59 Å². The molecule has 126 valence electrons. The zero-order chi connectivity index (χ0) is 17.2. The Morgan fingerprint density at radius 2 is 2.04 bits per heavy atom. The smallest absolute Gasteiger partial charge is 0.254 e. The standard InChI is InChI=1S/C19H23N3O2/c1-19(2,10-14-6-4-3-5-7-14)11-17(23)22-9-8-15-16(12-22)20-13-21-18(15)24/h3-7,13H,8-12H2,1-2H3,(H,20,21,24). The Hall–Kier alpha value is -2.43. The van der Waals surface area contributed by atoms with E-state index in [9.17, 15) is 9.59 Å². The quantitative estimate of drug-likeness (QED) is 0.938. The normalized spacial score (nSPS) is 14.3. The lowest BCUT2D eigenvalue weighted by Gasteiger charge is -2.31. The van der Waals surface area contributed by atoms with Gasteiger partial charge in [-0.05, 0) is 23.8 Å². The predicted octanol–water partition coefficient (Wildman–Crippen LogP) is 2.31. The van der Waals surface area contributed by atoms with E-state index in [1.165, 1.54) is 11.9 Å². The highest BCUT2D eigenvalue weighted by Gasteiger charge is 2.28. The summed E-state index contributed by atoms with van der Waals surface area (Å²) in [7, 11) is 0. The van der Waals surface area contributed by atoms with Gasteiger partial charge in [0.15, 0.2) is 0 Å². The first kappa shape index (κ1) is 16.4. The number of H-pyrrole nitrogens is 1. The van der Waals surface area contributed by atoms with Gasteiger partial charge in [0.05, 0.1) is 18.6 Å². The average molecular weight is 325 g/mol. The Labute approximate surface area is 141 Å². The molecular weight excluding hydrogens is 302 g/mol. The van der Waals surface area contributed by atoms with Crippen LogP contribution in [0.4, 0.5) is 0 Å². The van der Waals surface area contributed by atoms with Gasteiger partial charge in [-0.15, -0.1) is 0 Å². The molecule has 0 unspecified atom stereocenters. The minimum Gasteiger partial charge on any atom is -0.336 e. The second-order valence-electron chi connectivity index (χ2n) is 7.23. The van der Waals surface area contributed by atoms with E-state index in [4.69, 9.17) is 0 Å². The number of hydrogen-bond acceptors (Lipinski definition) is 3. The van der Waals surface area contributed by atoms with E-state index in [-0.39, 0.29) is 16.9 Å². The van der Waals surface area contributed by atoms with Gasteiger partial charge in [0, 0.05) is 18.5 Å².